The molecule has 0 aliphatic rings. The second kappa shape index (κ2) is 5.49. The molecular weight excluding hydrogens is 266 g/mol. The fourth-order valence-electron chi connectivity index (χ4n) is 1.44. The van der Waals surface area contributed by atoms with E-state index in [0.717, 1.165) is 0 Å². The first-order chi connectivity index (χ1) is 9.06. The number of halogens is 1. The van der Waals surface area contributed by atoms with Crippen LogP contribution >= 0.6 is 11.6 Å². The fourth-order valence-corrected chi connectivity index (χ4v) is 1.60. The average molecular weight is 276 g/mol. The Hall–Kier alpha value is -2.40. The summed E-state index contributed by atoms with van der Waals surface area (Å²) >= 11 is 5.78. The molecule has 5 nitrogen and oxygen atoms in total. The van der Waals surface area contributed by atoms with Crippen molar-refractivity contribution < 1.29 is 9.59 Å². The summed E-state index contributed by atoms with van der Waals surface area (Å²) in [6.07, 6.45) is 1.45. The van der Waals surface area contributed by atoms with Crippen molar-refractivity contribution in [3.05, 3.63) is 58.9 Å². The Morgan fingerprint density at radius 2 is 1.84 bits per heavy atom. The number of nitrogens with two attached hydrogens (primary N) is 1. The van der Waals surface area contributed by atoms with Gasteiger partial charge in [-0.25, -0.2) is 0 Å². The first kappa shape index (κ1) is 13.0. The molecule has 3 N–H and O–H groups in total. The van der Waals surface area contributed by atoms with Gasteiger partial charge < -0.3 is 11.1 Å². The standard InChI is InChI=1S/C13H10ClN3O2/c14-9-5-6-16-11(7-9)13(19)17-10-3-1-8(2-4-10)12(15)18/h1-7H,(H2,15,18)(H,17,19). The molecule has 19 heavy (non-hydrogen) atoms. The highest BCUT2D eigenvalue weighted by Crippen LogP contribution is 2.12. The van der Waals surface area contributed by atoms with Gasteiger partial charge in [-0.2, -0.15) is 0 Å². The summed E-state index contributed by atoms with van der Waals surface area (Å²) < 4.78 is 0. The summed E-state index contributed by atoms with van der Waals surface area (Å²) in [7, 11) is 0. The Morgan fingerprint density at radius 3 is 2.42 bits per heavy atom. The third kappa shape index (κ3) is 3.29. The SMILES string of the molecule is NC(=O)c1ccc(NC(=O)c2cc(Cl)ccn2)cc1. The monoisotopic (exact) mass is 275 g/mol. The van der Waals surface area contributed by atoms with Gasteiger partial charge in [0.05, 0.1) is 0 Å². The van der Waals surface area contributed by atoms with Crippen LogP contribution in [0.3, 0.4) is 0 Å². The summed E-state index contributed by atoms with van der Waals surface area (Å²) in [5, 5.41) is 3.07. The molecule has 0 aliphatic heterocycles. The van der Waals surface area contributed by atoms with Gasteiger partial charge in [-0.05, 0) is 36.4 Å². The lowest BCUT2D eigenvalue weighted by Crippen LogP contribution is -2.14. The minimum Gasteiger partial charge on any atom is -0.366 e. The molecule has 2 rings (SSSR count). The second-order valence-corrected chi connectivity index (χ2v) is 4.19. The van der Waals surface area contributed by atoms with E-state index in [9.17, 15) is 9.59 Å². The Balaban J connectivity index is 2.13. The highest BCUT2D eigenvalue weighted by Gasteiger charge is 2.08. The zero-order valence-corrected chi connectivity index (χ0v) is 10.5. The molecule has 0 saturated carbocycles. The molecule has 0 atom stereocenters. The minimum absolute atomic E-state index is 0.214. The Labute approximate surface area is 114 Å². The van der Waals surface area contributed by atoms with Crippen LogP contribution in [0.25, 0.3) is 0 Å². The number of pyridine rings is 1. The van der Waals surface area contributed by atoms with Gasteiger partial charge in [0.1, 0.15) is 5.69 Å². The zero-order valence-electron chi connectivity index (χ0n) is 9.76. The largest absolute Gasteiger partial charge is 0.366 e. The molecule has 0 spiro atoms. The number of nitrogens with zero attached hydrogens (tertiary/aromatic N) is 1. The number of carbonyl (C=O) groups excluding carboxylic acids is 2. The summed E-state index contributed by atoms with van der Waals surface area (Å²) in [5.74, 6) is -0.899. The third-order valence-electron chi connectivity index (χ3n) is 2.38. The number of carbonyl (C=O) groups is 2. The van der Waals surface area contributed by atoms with E-state index in [1.54, 1.807) is 18.2 Å². The van der Waals surface area contributed by atoms with Crippen LogP contribution < -0.4 is 11.1 Å². The van der Waals surface area contributed by atoms with Crippen molar-refractivity contribution in [3.8, 4) is 0 Å². The topological polar surface area (TPSA) is 85.1 Å². The molecule has 6 heteroatoms. The molecule has 2 aromatic rings. The van der Waals surface area contributed by atoms with Gasteiger partial charge >= 0.3 is 0 Å². The number of anilines is 1. The molecule has 1 heterocycles. The van der Waals surface area contributed by atoms with E-state index < -0.39 is 5.91 Å². The van der Waals surface area contributed by atoms with Crippen molar-refractivity contribution in [3.63, 3.8) is 0 Å². The van der Waals surface area contributed by atoms with Gasteiger partial charge in [-0.15, -0.1) is 0 Å². The van der Waals surface area contributed by atoms with Crippen molar-refractivity contribution in [2.45, 2.75) is 0 Å². The van der Waals surface area contributed by atoms with Crippen LogP contribution in [-0.4, -0.2) is 16.8 Å². The highest BCUT2D eigenvalue weighted by molar-refractivity contribution is 6.30. The average Bonchev–Trinajstić information content (AvgIpc) is 2.39. The van der Waals surface area contributed by atoms with E-state index >= 15 is 0 Å². The number of primary amides is 1. The molecule has 0 fully saturated rings. The van der Waals surface area contributed by atoms with E-state index in [1.807, 2.05) is 0 Å². The van der Waals surface area contributed by atoms with Crippen LogP contribution in [0.2, 0.25) is 5.02 Å². The molecule has 0 bridgehead atoms. The van der Waals surface area contributed by atoms with Gasteiger partial charge in [0, 0.05) is 22.5 Å². The molecule has 0 unspecified atom stereocenters. The van der Waals surface area contributed by atoms with E-state index in [2.05, 4.69) is 10.3 Å². The van der Waals surface area contributed by atoms with Crippen LogP contribution in [0.1, 0.15) is 20.8 Å². The number of aromatic nitrogens is 1. The number of benzene rings is 1. The van der Waals surface area contributed by atoms with E-state index in [4.69, 9.17) is 17.3 Å². The molecule has 1 aromatic carbocycles. The van der Waals surface area contributed by atoms with E-state index in [0.29, 0.717) is 16.3 Å². The number of hydrogen-bond acceptors (Lipinski definition) is 3. The molecule has 96 valence electrons. The van der Waals surface area contributed by atoms with Crippen molar-refractivity contribution in [1.29, 1.82) is 0 Å². The van der Waals surface area contributed by atoms with Crippen LogP contribution in [0.15, 0.2) is 42.6 Å². The Morgan fingerprint density at radius 1 is 1.16 bits per heavy atom. The maximum absolute atomic E-state index is 11.9. The number of amides is 2. The molecular formula is C13H10ClN3O2. The van der Waals surface area contributed by atoms with Gasteiger partial charge in [0.15, 0.2) is 0 Å². The summed E-state index contributed by atoms with van der Waals surface area (Å²) in [4.78, 5) is 26.7. The first-order valence-electron chi connectivity index (χ1n) is 5.39. The summed E-state index contributed by atoms with van der Waals surface area (Å²) in [6.45, 7) is 0. The molecule has 0 saturated heterocycles. The van der Waals surface area contributed by atoms with Crippen molar-refractivity contribution >= 4 is 29.1 Å². The molecule has 1 aromatic heterocycles. The van der Waals surface area contributed by atoms with Crippen LogP contribution in [0.4, 0.5) is 5.69 Å². The van der Waals surface area contributed by atoms with E-state index in [-0.39, 0.29) is 11.6 Å². The Bertz CT molecular complexity index is 626. The predicted molar refractivity (Wildman–Crippen MR) is 72.2 cm³/mol. The lowest BCUT2D eigenvalue weighted by atomic mass is 10.2. The quantitative estimate of drug-likeness (QED) is 0.899. The molecule has 0 aliphatic carbocycles. The minimum atomic E-state index is -0.519. The van der Waals surface area contributed by atoms with Gasteiger partial charge in [-0.1, -0.05) is 11.6 Å². The van der Waals surface area contributed by atoms with Crippen LogP contribution in [0.5, 0.6) is 0 Å². The lowest BCUT2D eigenvalue weighted by molar-refractivity contribution is 0.0998. The number of rotatable bonds is 3. The second-order valence-electron chi connectivity index (χ2n) is 3.76. The smallest absolute Gasteiger partial charge is 0.274 e. The van der Waals surface area contributed by atoms with Crippen molar-refractivity contribution in [2.24, 2.45) is 5.73 Å². The third-order valence-corrected chi connectivity index (χ3v) is 2.62. The number of nitrogens with one attached hydrogen (secondary N) is 1. The zero-order chi connectivity index (χ0) is 13.8. The first-order valence-corrected chi connectivity index (χ1v) is 5.77. The Kier molecular flexibility index (Phi) is 3.77. The van der Waals surface area contributed by atoms with Crippen molar-refractivity contribution in [1.82, 2.24) is 4.98 Å². The highest BCUT2D eigenvalue weighted by atomic mass is 35.5. The van der Waals surface area contributed by atoms with E-state index in [1.165, 1.54) is 24.4 Å². The maximum Gasteiger partial charge on any atom is 0.274 e. The van der Waals surface area contributed by atoms with Crippen LogP contribution in [0, 0.1) is 0 Å². The molecule has 2 amide bonds. The fraction of sp³-hybridized carbons (Fsp3) is 0. The maximum atomic E-state index is 11.9. The van der Waals surface area contributed by atoms with Gasteiger partial charge in [0.2, 0.25) is 5.91 Å². The predicted octanol–water partition coefficient (Wildman–Crippen LogP) is 2.09. The van der Waals surface area contributed by atoms with Gasteiger partial charge in [0.25, 0.3) is 5.91 Å². The van der Waals surface area contributed by atoms with Gasteiger partial charge in [-0.3, -0.25) is 14.6 Å². The van der Waals surface area contributed by atoms with Crippen LogP contribution in [-0.2, 0) is 0 Å². The lowest BCUT2D eigenvalue weighted by Gasteiger charge is -2.05. The summed E-state index contributed by atoms with van der Waals surface area (Å²) in [5.41, 5.74) is 6.25. The molecule has 0 radical (unpaired) electrons. The normalized spacial score (nSPS) is 9.95. The summed E-state index contributed by atoms with van der Waals surface area (Å²) in [6, 6.07) is 9.28. The number of hydrogen-bond donors (Lipinski definition) is 2. The van der Waals surface area contributed by atoms with Crippen molar-refractivity contribution in [2.75, 3.05) is 5.32 Å².